The number of hydrogen-bond donors (Lipinski definition) is 1. The van der Waals surface area contributed by atoms with Gasteiger partial charge in [0.1, 0.15) is 0 Å². The van der Waals surface area contributed by atoms with Crippen molar-refractivity contribution in [2.45, 2.75) is 6.92 Å². The normalized spacial score (nSPS) is 31.1. The summed E-state index contributed by atoms with van der Waals surface area (Å²) < 4.78 is 0. The van der Waals surface area contributed by atoms with Crippen LogP contribution in [0, 0.1) is 5.92 Å². The second-order valence-electron chi connectivity index (χ2n) is 2.14. The average molecular weight is 109 g/mol. The highest BCUT2D eigenvalue weighted by molar-refractivity contribution is 5.17. The Labute approximate surface area is 50.1 Å². The molecule has 1 aliphatic heterocycles. The molecular weight excluding hydrogens is 98.1 g/mol. The highest BCUT2D eigenvalue weighted by Crippen LogP contribution is 2.14. The molecule has 1 saturated heterocycles. The summed E-state index contributed by atoms with van der Waals surface area (Å²) in [4.78, 5) is 0. The maximum atomic E-state index is 3.60. The summed E-state index contributed by atoms with van der Waals surface area (Å²) in [6.45, 7) is 6.93. The predicted octanol–water partition coefficient (Wildman–Crippen LogP) is 1.30. The Morgan fingerprint density at radius 2 is 2.62 bits per heavy atom. The Bertz CT molecular complexity index is 124. The highest BCUT2D eigenvalue weighted by Gasteiger charge is 2.15. The van der Waals surface area contributed by atoms with Gasteiger partial charge >= 0.3 is 0 Å². The zero-order chi connectivity index (χ0) is 5.98. The maximum absolute atomic E-state index is 3.60. The van der Waals surface area contributed by atoms with Crippen LogP contribution in [0.4, 0.5) is 0 Å². The van der Waals surface area contributed by atoms with Crippen LogP contribution in [0.5, 0.6) is 0 Å². The topological polar surface area (TPSA) is 12.0 Å². The van der Waals surface area contributed by atoms with Crippen molar-refractivity contribution in [3.63, 3.8) is 0 Å². The second kappa shape index (κ2) is 2.03. The predicted molar refractivity (Wildman–Crippen MR) is 35.4 cm³/mol. The molecule has 1 heteroatoms. The van der Waals surface area contributed by atoms with Crippen molar-refractivity contribution in [1.82, 2.24) is 5.32 Å². The van der Waals surface area contributed by atoms with Crippen LogP contribution in [0.15, 0.2) is 24.4 Å². The van der Waals surface area contributed by atoms with Crippen molar-refractivity contribution in [1.29, 1.82) is 0 Å². The van der Waals surface area contributed by atoms with E-state index in [1.807, 2.05) is 12.2 Å². The summed E-state index contributed by atoms with van der Waals surface area (Å²) in [5.41, 5.74) is 1.32. The van der Waals surface area contributed by atoms with Gasteiger partial charge in [-0.05, 0) is 6.08 Å². The first-order valence-electron chi connectivity index (χ1n) is 2.91. The van der Waals surface area contributed by atoms with E-state index in [4.69, 9.17) is 0 Å². The zero-order valence-corrected chi connectivity index (χ0v) is 5.15. The van der Waals surface area contributed by atoms with Crippen LogP contribution in [-0.4, -0.2) is 6.54 Å². The lowest BCUT2D eigenvalue weighted by molar-refractivity contribution is 0.473. The molecule has 1 heterocycles. The molecule has 0 spiro atoms. The van der Waals surface area contributed by atoms with Gasteiger partial charge in [-0.3, -0.25) is 0 Å². The number of allylic oxidation sites excluding steroid dienone is 2. The van der Waals surface area contributed by atoms with Crippen LogP contribution in [-0.2, 0) is 0 Å². The van der Waals surface area contributed by atoms with E-state index in [1.54, 1.807) is 0 Å². The first kappa shape index (κ1) is 5.42. The van der Waals surface area contributed by atoms with E-state index in [0.29, 0.717) is 0 Å². The Morgan fingerprint density at radius 1 is 1.88 bits per heavy atom. The van der Waals surface area contributed by atoms with Gasteiger partial charge in [0.25, 0.3) is 0 Å². The Balaban J connectivity index is 2.47. The molecule has 1 nitrogen and oxygen atoms in total. The summed E-state index contributed by atoms with van der Waals surface area (Å²) in [6, 6.07) is 0. The van der Waals surface area contributed by atoms with Crippen LogP contribution in [0.1, 0.15) is 6.92 Å². The first-order valence-corrected chi connectivity index (χ1v) is 2.91. The molecule has 8 heavy (non-hydrogen) atoms. The third kappa shape index (κ3) is 0.760. The third-order valence-electron chi connectivity index (χ3n) is 1.44. The summed E-state index contributed by atoms with van der Waals surface area (Å²) in [5, 5.41) is 3.19. The van der Waals surface area contributed by atoms with Crippen LogP contribution in [0.2, 0.25) is 0 Å². The summed E-state index contributed by atoms with van der Waals surface area (Å²) >= 11 is 0. The summed E-state index contributed by atoms with van der Waals surface area (Å²) in [6.07, 6.45) is 3.84. The van der Waals surface area contributed by atoms with Gasteiger partial charge in [0.05, 0.1) is 0 Å². The van der Waals surface area contributed by atoms with Crippen molar-refractivity contribution in [2.24, 2.45) is 5.92 Å². The molecule has 1 fully saturated rings. The lowest BCUT2D eigenvalue weighted by Crippen LogP contribution is -2.37. The number of hydrogen-bond acceptors (Lipinski definition) is 1. The Kier molecular flexibility index (Phi) is 1.38. The van der Waals surface area contributed by atoms with Crippen molar-refractivity contribution in [2.75, 3.05) is 6.54 Å². The number of rotatable bonds is 1. The van der Waals surface area contributed by atoms with Crippen LogP contribution in [0.25, 0.3) is 0 Å². The molecule has 0 bridgehead atoms. The largest absolute Gasteiger partial charge is 0.387 e. The third-order valence-corrected chi connectivity index (χ3v) is 1.44. The molecule has 0 amide bonds. The molecule has 0 aliphatic carbocycles. The minimum atomic E-state index is 0.730. The molecule has 1 N–H and O–H groups in total. The van der Waals surface area contributed by atoms with Gasteiger partial charge in [-0.1, -0.05) is 19.6 Å². The lowest BCUT2D eigenvalue weighted by Gasteiger charge is -2.28. The van der Waals surface area contributed by atoms with Crippen LogP contribution < -0.4 is 5.32 Å². The molecule has 44 valence electrons. The van der Waals surface area contributed by atoms with Crippen molar-refractivity contribution >= 4 is 0 Å². The molecule has 0 radical (unpaired) electrons. The lowest BCUT2D eigenvalue weighted by atomic mass is 10.0. The fourth-order valence-corrected chi connectivity index (χ4v) is 0.774. The highest BCUT2D eigenvalue weighted by atomic mass is 15.0. The van der Waals surface area contributed by atoms with Crippen molar-refractivity contribution in [3.05, 3.63) is 24.4 Å². The minimum Gasteiger partial charge on any atom is -0.387 e. The van der Waals surface area contributed by atoms with Gasteiger partial charge in [-0.2, -0.15) is 0 Å². The van der Waals surface area contributed by atoms with E-state index in [2.05, 4.69) is 18.8 Å². The van der Waals surface area contributed by atoms with Crippen molar-refractivity contribution < 1.29 is 0 Å². The maximum Gasteiger partial charge on any atom is 0.0224 e. The van der Waals surface area contributed by atoms with Gasteiger partial charge in [0.15, 0.2) is 0 Å². The molecule has 0 aromatic rings. The van der Waals surface area contributed by atoms with Gasteiger partial charge in [0.2, 0.25) is 0 Å². The molecule has 1 rings (SSSR count). The Morgan fingerprint density at radius 3 is 2.75 bits per heavy atom. The second-order valence-corrected chi connectivity index (χ2v) is 2.14. The molecule has 0 aromatic carbocycles. The monoisotopic (exact) mass is 109 g/mol. The van der Waals surface area contributed by atoms with E-state index in [9.17, 15) is 0 Å². The van der Waals surface area contributed by atoms with Gasteiger partial charge in [-0.25, -0.2) is 0 Å². The molecular formula is C7H11N. The number of nitrogens with one attached hydrogen (secondary N) is 1. The van der Waals surface area contributed by atoms with Crippen molar-refractivity contribution in [3.8, 4) is 0 Å². The zero-order valence-electron chi connectivity index (χ0n) is 5.15. The van der Waals surface area contributed by atoms with Gasteiger partial charge in [0, 0.05) is 18.2 Å². The van der Waals surface area contributed by atoms with Gasteiger partial charge in [-0.15, -0.1) is 0 Å². The van der Waals surface area contributed by atoms with Crippen LogP contribution in [0.3, 0.4) is 0 Å². The van der Waals surface area contributed by atoms with E-state index in [-0.39, 0.29) is 0 Å². The first-order chi connectivity index (χ1) is 3.84. The molecule has 0 saturated carbocycles. The summed E-state index contributed by atoms with van der Waals surface area (Å²) in [5.74, 6) is 0.730. The quantitative estimate of drug-likeness (QED) is 0.535. The fraction of sp³-hybridized carbons (Fsp3) is 0.429. The standard InChI is InChI=1S/C7H11N/c1-3-4-7-6(2)5-8-7/h3-4,6,8H,1,5H2,2H3/b7-4+. The molecule has 1 unspecified atom stereocenters. The Hall–Kier alpha value is -0.720. The van der Waals surface area contributed by atoms with E-state index < -0.39 is 0 Å². The molecule has 1 atom stereocenters. The fourth-order valence-electron chi connectivity index (χ4n) is 0.774. The average Bonchev–Trinajstić information content (AvgIpc) is 1.79. The minimum absolute atomic E-state index is 0.730. The summed E-state index contributed by atoms with van der Waals surface area (Å²) in [7, 11) is 0. The van der Waals surface area contributed by atoms with Crippen LogP contribution >= 0.6 is 0 Å². The molecule has 1 aliphatic rings. The van der Waals surface area contributed by atoms with E-state index in [1.165, 1.54) is 5.70 Å². The van der Waals surface area contributed by atoms with E-state index in [0.717, 1.165) is 12.5 Å². The SMILES string of the molecule is C=C/C=C1/NCC1C. The molecule has 0 aromatic heterocycles. The van der Waals surface area contributed by atoms with E-state index >= 15 is 0 Å². The van der Waals surface area contributed by atoms with Gasteiger partial charge < -0.3 is 5.32 Å². The smallest absolute Gasteiger partial charge is 0.0224 e.